The van der Waals surface area contributed by atoms with E-state index >= 15 is 0 Å². The topological polar surface area (TPSA) is 219 Å². The molecule has 0 fully saturated rings. The highest BCUT2D eigenvalue weighted by Gasteiger charge is 2.20. The largest absolute Gasteiger partial charge is 0.481 e. The van der Waals surface area contributed by atoms with Gasteiger partial charge in [0, 0.05) is 17.7 Å². The standard InChI is InChI=1S/C23H28N8O5/c24-19-18-20(31-23(25)30-19)27-12-15(28-18)11-26-14-9-7-13(8-10-14)21(34)29-16(22(35)36)5-3-1-2-4-6-17(32)33/h7-10,12,16,26H,1-6,11H2,(H,29,34)(H,32,33)(H,35,36)(H4,24,25,27,30,31). The number of nitrogens with two attached hydrogens (primary N) is 2. The van der Waals surface area contributed by atoms with E-state index < -0.39 is 23.9 Å². The number of hydrogen-bond acceptors (Lipinski definition) is 10. The summed E-state index contributed by atoms with van der Waals surface area (Å²) in [5.41, 5.74) is 13.7. The van der Waals surface area contributed by atoms with Gasteiger partial charge in [-0.1, -0.05) is 19.3 Å². The second-order valence-electron chi connectivity index (χ2n) is 8.14. The summed E-state index contributed by atoms with van der Waals surface area (Å²) < 4.78 is 0. The van der Waals surface area contributed by atoms with Crippen LogP contribution in [-0.2, 0) is 16.1 Å². The molecule has 0 aliphatic rings. The monoisotopic (exact) mass is 496 g/mol. The molecule has 1 amide bonds. The molecule has 1 aromatic carbocycles. The van der Waals surface area contributed by atoms with Gasteiger partial charge >= 0.3 is 11.9 Å². The molecular weight excluding hydrogens is 468 g/mol. The molecule has 0 aliphatic heterocycles. The van der Waals surface area contributed by atoms with E-state index in [-0.39, 0.29) is 24.6 Å². The SMILES string of the molecule is Nc1nc(N)c2nc(CNc3ccc(C(=O)NC(CCCCCCC(=O)O)C(=O)O)cc3)cnc2n1. The molecular formula is C23H28N8O5. The summed E-state index contributed by atoms with van der Waals surface area (Å²) in [6, 6.07) is 5.54. The number of nitrogens with zero attached hydrogens (tertiary/aromatic N) is 4. The van der Waals surface area contributed by atoms with Crippen molar-refractivity contribution in [2.75, 3.05) is 16.8 Å². The number of aromatic nitrogens is 4. The smallest absolute Gasteiger partial charge is 0.326 e. The van der Waals surface area contributed by atoms with E-state index in [1.54, 1.807) is 30.5 Å². The number of amides is 1. The third kappa shape index (κ3) is 7.48. The lowest BCUT2D eigenvalue weighted by atomic mass is 10.1. The first-order valence-electron chi connectivity index (χ1n) is 11.4. The first-order chi connectivity index (χ1) is 17.2. The fourth-order valence-electron chi connectivity index (χ4n) is 3.48. The normalized spacial score (nSPS) is 11.7. The molecule has 1 atom stereocenters. The number of aliphatic carboxylic acids is 2. The number of anilines is 3. The third-order valence-electron chi connectivity index (χ3n) is 5.36. The summed E-state index contributed by atoms with van der Waals surface area (Å²) in [7, 11) is 0. The predicted octanol–water partition coefficient (Wildman–Crippen LogP) is 1.80. The van der Waals surface area contributed by atoms with Crippen molar-refractivity contribution in [3.63, 3.8) is 0 Å². The van der Waals surface area contributed by atoms with Crippen LogP contribution < -0.4 is 22.1 Å². The first-order valence-corrected chi connectivity index (χ1v) is 11.4. The summed E-state index contributed by atoms with van der Waals surface area (Å²) >= 11 is 0. The molecule has 36 heavy (non-hydrogen) atoms. The van der Waals surface area contributed by atoms with E-state index in [1.165, 1.54) is 0 Å². The third-order valence-corrected chi connectivity index (χ3v) is 5.36. The van der Waals surface area contributed by atoms with Gasteiger partial charge in [-0.2, -0.15) is 9.97 Å². The van der Waals surface area contributed by atoms with Gasteiger partial charge in [-0.3, -0.25) is 9.59 Å². The molecule has 0 radical (unpaired) electrons. The zero-order chi connectivity index (χ0) is 26.1. The molecule has 3 rings (SSSR count). The Morgan fingerprint density at radius 3 is 2.36 bits per heavy atom. The molecule has 0 saturated carbocycles. The van der Waals surface area contributed by atoms with Crippen molar-refractivity contribution in [3.8, 4) is 0 Å². The number of carbonyl (C=O) groups excluding carboxylic acids is 1. The van der Waals surface area contributed by atoms with Gasteiger partial charge in [-0.25, -0.2) is 14.8 Å². The lowest BCUT2D eigenvalue weighted by molar-refractivity contribution is -0.139. The Morgan fingerprint density at radius 1 is 0.944 bits per heavy atom. The first kappa shape index (κ1) is 26.1. The Bertz CT molecular complexity index is 1240. The minimum Gasteiger partial charge on any atom is -0.481 e. The maximum atomic E-state index is 12.5. The molecule has 3 aromatic rings. The van der Waals surface area contributed by atoms with Gasteiger partial charge in [0.2, 0.25) is 5.95 Å². The minimum absolute atomic E-state index is 0.0203. The van der Waals surface area contributed by atoms with Crippen molar-refractivity contribution in [2.24, 2.45) is 0 Å². The van der Waals surface area contributed by atoms with Gasteiger partial charge in [0.1, 0.15) is 6.04 Å². The van der Waals surface area contributed by atoms with Crippen molar-refractivity contribution in [3.05, 3.63) is 41.7 Å². The van der Waals surface area contributed by atoms with Gasteiger partial charge in [-0.15, -0.1) is 0 Å². The van der Waals surface area contributed by atoms with Crippen LogP contribution in [0.4, 0.5) is 17.5 Å². The van der Waals surface area contributed by atoms with E-state index in [1.807, 2.05) is 0 Å². The fraction of sp³-hybridized carbons (Fsp3) is 0.348. The van der Waals surface area contributed by atoms with Crippen LogP contribution in [0.2, 0.25) is 0 Å². The molecule has 2 heterocycles. The Kier molecular flexibility index (Phi) is 8.86. The van der Waals surface area contributed by atoms with Crippen molar-refractivity contribution in [1.82, 2.24) is 25.3 Å². The zero-order valence-electron chi connectivity index (χ0n) is 19.5. The number of carbonyl (C=O) groups is 3. The van der Waals surface area contributed by atoms with Crippen LogP contribution in [-0.4, -0.2) is 54.0 Å². The van der Waals surface area contributed by atoms with Crippen LogP contribution in [0.5, 0.6) is 0 Å². The Hall–Kier alpha value is -4.55. The van der Waals surface area contributed by atoms with Gasteiger partial charge in [0.25, 0.3) is 5.91 Å². The second kappa shape index (κ2) is 12.2. The summed E-state index contributed by atoms with van der Waals surface area (Å²) in [5.74, 6) is -2.29. The van der Waals surface area contributed by atoms with Gasteiger partial charge in [0.05, 0.1) is 18.4 Å². The number of carboxylic acid groups (broad SMARTS) is 2. The number of nitrogens with one attached hydrogen (secondary N) is 2. The van der Waals surface area contributed by atoms with Crippen LogP contribution in [0.1, 0.15) is 54.6 Å². The molecule has 2 aromatic heterocycles. The highest BCUT2D eigenvalue weighted by Crippen LogP contribution is 2.16. The van der Waals surface area contributed by atoms with Crippen LogP contribution in [0, 0.1) is 0 Å². The highest BCUT2D eigenvalue weighted by molar-refractivity contribution is 5.96. The summed E-state index contributed by atoms with van der Waals surface area (Å²) in [6.45, 7) is 0.325. The minimum atomic E-state index is -1.11. The number of fused-ring (bicyclic) bond motifs is 1. The number of carboxylic acids is 2. The second-order valence-corrected chi connectivity index (χ2v) is 8.14. The molecule has 0 bridgehead atoms. The molecule has 0 saturated heterocycles. The number of hydrogen-bond donors (Lipinski definition) is 6. The lowest BCUT2D eigenvalue weighted by Crippen LogP contribution is -2.40. The molecule has 190 valence electrons. The van der Waals surface area contributed by atoms with Crippen LogP contribution >= 0.6 is 0 Å². The molecule has 8 N–H and O–H groups in total. The van der Waals surface area contributed by atoms with Gasteiger partial charge in [0.15, 0.2) is 17.0 Å². The lowest BCUT2D eigenvalue weighted by Gasteiger charge is -2.15. The number of benzene rings is 1. The maximum absolute atomic E-state index is 12.5. The fourth-order valence-corrected chi connectivity index (χ4v) is 3.48. The quantitative estimate of drug-likeness (QED) is 0.187. The Labute approximate surface area is 206 Å². The molecule has 0 spiro atoms. The van der Waals surface area contributed by atoms with Crippen molar-refractivity contribution in [2.45, 2.75) is 51.1 Å². The van der Waals surface area contributed by atoms with Crippen LogP contribution in [0.25, 0.3) is 11.2 Å². The average molecular weight is 497 g/mol. The van der Waals surface area contributed by atoms with E-state index in [0.29, 0.717) is 60.3 Å². The maximum Gasteiger partial charge on any atom is 0.326 e. The molecule has 13 heteroatoms. The molecule has 1 unspecified atom stereocenters. The van der Waals surface area contributed by atoms with Crippen LogP contribution in [0.3, 0.4) is 0 Å². The predicted molar refractivity (Wildman–Crippen MR) is 132 cm³/mol. The number of unbranched alkanes of at least 4 members (excludes halogenated alkanes) is 3. The van der Waals surface area contributed by atoms with Crippen LogP contribution in [0.15, 0.2) is 30.5 Å². The van der Waals surface area contributed by atoms with E-state index in [4.69, 9.17) is 16.6 Å². The van der Waals surface area contributed by atoms with Crippen molar-refractivity contribution >= 4 is 46.5 Å². The van der Waals surface area contributed by atoms with Crippen molar-refractivity contribution in [1.29, 1.82) is 0 Å². The average Bonchev–Trinajstić information content (AvgIpc) is 2.84. The highest BCUT2D eigenvalue weighted by atomic mass is 16.4. The van der Waals surface area contributed by atoms with Gasteiger partial charge in [-0.05, 0) is 37.1 Å². The number of rotatable bonds is 13. The molecule has 0 aliphatic carbocycles. The van der Waals surface area contributed by atoms with Gasteiger partial charge < -0.3 is 32.3 Å². The zero-order valence-corrected chi connectivity index (χ0v) is 19.5. The Balaban J connectivity index is 1.51. The summed E-state index contributed by atoms with van der Waals surface area (Å²) in [4.78, 5) is 51.1. The van der Waals surface area contributed by atoms with E-state index in [2.05, 4.69) is 30.6 Å². The number of nitrogen functional groups attached to an aromatic ring is 2. The molecule has 13 nitrogen and oxygen atoms in total. The Morgan fingerprint density at radius 2 is 1.67 bits per heavy atom. The van der Waals surface area contributed by atoms with Crippen molar-refractivity contribution < 1.29 is 24.6 Å². The summed E-state index contributed by atoms with van der Waals surface area (Å²) in [6.07, 6.45) is 4.42. The summed E-state index contributed by atoms with van der Waals surface area (Å²) in [5, 5.41) is 23.8. The van der Waals surface area contributed by atoms with E-state index in [0.717, 1.165) is 0 Å². The van der Waals surface area contributed by atoms with E-state index in [9.17, 15) is 19.5 Å².